The number of fused-ring (bicyclic) bond motifs is 1. The minimum atomic E-state index is -0.427. The first-order valence-corrected chi connectivity index (χ1v) is 7.04. The fraction of sp³-hybridized carbons (Fsp3) is 0.500. The van der Waals surface area contributed by atoms with E-state index in [4.69, 9.17) is 10.5 Å². The Balaban J connectivity index is 1.95. The number of amides is 1. The summed E-state index contributed by atoms with van der Waals surface area (Å²) in [6.45, 7) is 6.16. The van der Waals surface area contributed by atoms with Gasteiger partial charge >= 0.3 is 0 Å². The molecule has 3 heterocycles. The number of ether oxygens (including phenoxy) is 1. The van der Waals surface area contributed by atoms with E-state index in [1.807, 2.05) is 19.9 Å². The zero-order valence-electron chi connectivity index (χ0n) is 12.2. The lowest BCUT2D eigenvalue weighted by Crippen LogP contribution is -2.43. The first-order valence-electron chi connectivity index (χ1n) is 7.04. The Morgan fingerprint density at radius 2 is 2.14 bits per heavy atom. The third-order valence-electron chi connectivity index (χ3n) is 3.76. The summed E-state index contributed by atoms with van der Waals surface area (Å²) in [5, 5.41) is 0. The van der Waals surface area contributed by atoms with Crippen molar-refractivity contribution in [1.82, 2.24) is 19.4 Å². The number of imidazole rings is 1. The van der Waals surface area contributed by atoms with E-state index in [1.165, 1.54) is 0 Å². The van der Waals surface area contributed by atoms with Crippen molar-refractivity contribution in [3.05, 3.63) is 17.8 Å². The first kappa shape index (κ1) is 13.8. The fourth-order valence-electron chi connectivity index (χ4n) is 2.64. The van der Waals surface area contributed by atoms with Crippen LogP contribution in [0.15, 0.2) is 12.3 Å². The second kappa shape index (κ2) is 5.33. The average molecular weight is 289 g/mol. The van der Waals surface area contributed by atoms with E-state index in [2.05, 4.69) is 9.97 Å². The molecule has 0 radical (unpaired) electrons. The van der Waals surface area contributed by atoms with Crippen LogP contribution in [0.3, 0.4) is 0 Å². The van der Waals surface area contributed by atoms with Crippen LogP contribution in [-0.2, 0) is 9.53 Å². The quantitative estimate of drug-likeness (QED) is 0.881. The maximum Gasteiger partial charge on any atom is 0.245 e. The molecule has 21 heavy (non-hydrogen) atoms. The molecular formula is C14H19N5O2. The molecule has 1 aliphatic rings. The molecule has 1 atom stereocenters. The monoisotopic (exact) mass is 289 g/mol. The van der Waals surface area contributed by atoms with Gasteiger partial charge in [0.15, 0.2) is 5.65 Å². The molecule has 1 unspecified atom stereocenters. The van der Waals surface area contributed by atoms with Gasteiger partial charge in [-0.1, -0.05) is 0 Å². The Hall–Kier alpha value is -2.15. The smallest absolute Gasteiger partial charge is 0.245 e. The molecule has 7 nitrogen and oxygen atoms in total. The second-order valence-corrected chi connectivity index (χ2v) is 5.31. The summed E-state index contributed by atoms with van der Waals surface area (Å²) in [5.74, 6) is 0.337. The van der Waals surface area contributed by atoms with Gasteiger partial charge in [0, 0.05) is 19.3 Å². The Morgan fingerprint density at radius 3 is 2.86 bits per heavy atom. The van der Waals surface area contributed by atoms with Crippen molar-refractivity contribution in [1.29, 1.82) is 0 Å². The van der Waals surface area contributed by atoms with Crippen molar-refractivity contribution in [2.24, 2.45) is 0 Å². The van der Waals surface area contributed by atoms with Crippen LogP contribution >= 0.6 is 0 Å². The van der Waals surface area contributed by atoms with Crippen molar-refractivity contribution in [3.63, 3.8) is 0 Å². The lowest BCUT2D eigenvalue weighted by molar-refractivity contribution is -0.138. The lowest BCUT2D eigenvalue weighted by atomic mass is 10.2. The number of rotatable bonds is 2. The van der Waals surface area contributed by atoms with Gasteiger partial charge in [0.2, 0.25) is 11.9 Å². The minimum Gasteiger partial charge on any atom is -0.378 e. The molecule has 0 spiro atoms. The summed E-state index contributed by atoms with van der Waals surface area (Å²) in [4.78, 5) is 23.1. The second-order valence-electron chi connectivity index (χ2n) is 5.31. The fourth-order valence-corrected chi connectivity index (χ4v) is 2.64. The van der Waals surface area contributed by atoms with E-state index in [0.29, 0.717) is 43.4 Å². The van der Waals surface area contributed by atoms with Crippen LogP contribution in [0.4, 0.5) is 5.95 Å². The minimum absolute atomic E-state index is 0.0201. The molecule has 0 aliphatic carbocycles. The van der Waals surface area contributed by atoms with Gasteiger partial charge in [0.05, 0.1) is 13.2 Å². The Bertz CT molecular complexity index is 675. The molecule has 3 rings (SSSR count). The molecule has 0 aromatic carbocycles. The predicted octanol–water partition coefficient (Wildman–Crippen LogP) is 0.742. The number of carbonyl (C=O) groups is 1. The van der Waals surface area contributed by atoms with Crippen molar-refractivity contribution in [3.8, 4) is 0 Å². The summed E-state index contributed by atoms with van der Waals surface area (Å²) in [5.41, 5.74) is 8.36. The SMILES string of the molecule is Cc1cnc2c(c1)nc(N)n2C(C)C(=O)N1CCOCC1. The molecule has 1 amide bonds. The van der Waals surface area contributed by atoms with Gasteiger partial charge in [-0.15, -0.1) is 0 Å². The van der Waals surface area contributed by atoms with Gasteiger partial charge in [-0.3, -0.25) is 9.36 Å². The number of carbonyl (C=O) groups excluding carboxylic acids is 1. The van der Waals surface area contributed by atoms with E-state index in [-0.39, 0.29) is 5.91 Å². The van der Waals surface area contributed by atoms with Gasteiger partial charge in [0.1, 0.15) is 11.6 Å². The summed E-state index contributed by atoms with van der Waals surface area (Å²) < 4.78 is 6.98. The number of nitrogens with zero attached hydrogens (tertiary/aromatic N) is 4. The number of nitrogen functional groups attached to an aromatic ring is 1. The number of morpholine rings is 1. The Kier molecular flexibility index (Phi) is 3.50. The molecule has 2 N–H and O–H groups in total. The molecule has 2 aromatic rings. The lowest BCUT2D eigenvalue weighted by Gasteiger charge is -2.29. The summed E-state index contributed by atoms with van der Waals surface area (Å²) in [6, 6.07) is 1.49. The van der Waals surface area contributed by atoms with E-state index in [1.54, 1.807) is 15.7 Å². The number of aryl methyl sites for hydroxylation is 1. The van der Waals surface area contributed by atoms with Crippen LogP contribution in [0.25, 0.3) is 11.2 Å². The number of aromatic nitrogens is 3. The predicted molar refractivity (Wildman–Crippen MR) is 78.8 cm³/mol. The molecule has 112 valence electrons. The zero-order valence-corrected chi connectivity index (χ0v) is 12.2. The van der Waals surface area contributed by atoms with Crippen molar-refractivity contribution in [2.75, 3.05) is 32.0 Å². The standard InChI is InChI=1S/C14H19N5O2/c1-9-7-11-12(16-8-9)19(14(15)17-11)10(2)13(20)18-3-5-21-6-4-18/h7-8,10H,3-6H2,1-2H3,(H2,15,17). The first-order chi connectivity index (χ1) is 10.1. The summed E-state index contributed by atoms with van der Waals surface area (Å²) in [6.07, 6.45) is 1.76. The van der Waals surface area contributed by atoms with Gasteiger partial charge in [-0.2, -0.15) is 0 Å². The zero-order chi connectivity index (χ0) is 15.0. The normalized spacial score (nSPS) is 17.1. The van der Waals surface area contributed by atoms with Crippen molar-refractivity contribution >= 4 is 23.0 Å². The van der Waals surface area contributed by atoms with Crippen LogP contribution in [-0.4, -0.2) is 51.6 Å². The van der Waals surface area contributed by atoms with E-state index >= 15 is 0 Å². The van der Waals surface area contributed by atoms with Gasteiger partial charge in [0.25, 0.3) is 0 Å². The van der Waals surface area contributed by atoms with E-state index < -0.39 is 6.04 Å². The molecule has 7 heteroatoms. The largest absolute Gasteiger partial charge is 0.378 e. The summed E-state index contributed by atoms with van der Waals surface area (Å²) in [7, 11) is 0. The van der Waals surface area contributed by atoms with Gasteiger partial charge in [-0.25, -0.2) is 9.97 Å². The average Bonchev–Trinajstić information content (AvgIpc) is 2.81. The molecular weight excluding hydrogens is 270 g/mol. The highest BCUT2D eigenvalue weighted by molar-refractivity contribution is 5.84. The maximum absolute atomic E-state index is 12.6. The van der Waals surface area contributed by atoms with Crippen LogP contribution in [0.1, 0.15) is 18.5 Å². The summed E-state index contributed by atoms with van der Waals surface area (Å²) >= 11 is 0. The number of hydrogen-bond acceptors (Lipinski definition) is 5. The third kappa shape index (κ3) is 2.44. The van der Waals surface area contributed by atoms with Gasteiger partial charge < -0.3 is 15.4 Å². The molecule has 1 fully saturated rings. The molecule has 0 saturated carbocycles. The Morgan fingerprint density at radius 1 is 1.43 bits per heavy atom. The Labute approximate surface area is 122 Å². The maximum atomic E-state index is 12.6. The van der Waals surface area contributed by atoms with Crippen LogP contribution in [0.2, 0.25) is 0 Å². The molecule has 2 aromatic heterocycles. The van der Waals surface area contributed by atoms with Gasteiger partial charge in [-0.05, 0) is 25.5 Å². The highest BCUT2D eigenvalue weighted by Crippen LogP contribution is 2.23. The van der Waals surface area contributed by atoms with Crippen molar-refractivity contribution in [2.45, 2.75) is 19.9 Å². The van der Waals surface area contributed by atoms with Crippen molar-refractivity contribution < 1.29 is 9.53 Å². The van der Waals surface area contributed by atoms with Crippen LogP contribution < -0.4 is 5.73 Å². The number of anilines is 1. The van der Waals surface area contributed by atoms with Crippen LogP contribution in [0.5, 0.6) is 0 Å². The number of hydrogen-bond donors (Lipinski definition) is 1. The molecule has 0 bridgehead atoms. The molecule has 1 saturated heterocycles. The van der Waals surface area contributed by atoms with E-state index in [9.17, 15) is 4.79 Å². The number of pyridine rings is 1. The highest BCUT2D eigenvalue weighted by Gasteiger charge is 2.26. The third-order valence-corrected chi connectivity index (χ3v) is 3.76. The highest BCUT2D eigenvalue weighted by atomic mass is 16.5. The molecule has 1 aliphatic heterocycles. The van der Waals surface area contributed by atoms with E-state index in [0.717, 1.165) is 5.56 Å². The topological polar surface area (TPSA) is 86.3 Å². The number of nitrogens with two attached hydrogens (primary N) is 1. The van der Waals surface area contributed by atoms with Crippen LogP contribution in [0, 0.1) is 6.92 Å².